The lowest BCUT2D eigenvalue weighted by Gasteiger charge is -2.36. The molecule has 0 radical (unpaired) electrons. The molecule has 7 rings (SSSR count). The Morgan fingerprint density at radius 3 is 2.33 bits per heavy atom. The summed E-state index contributed by atoms with van der Waals surface area (Å²) >= 11 is 0. The van der Waals surface area contributed by atoms with Crippen LogP contribution in [0, 0.1) is 18.6 Å². The molecule has 13 heteroatoms. The number of rotatable bonds is 9. The van der Waals surface area contributed by atoms with Crippen LogP contribution in [0.5, 0.6) is 0 Å². The van der Waals surface area contributed by atoms with E-state index in [4.69, 9.17) is 0 Å². The van der Waals surface area contributed by atoms with Gasteiger partial charge in [-0.25, -0.2) is 31.1 Å². The van der Waals surface area contributed by atoms with Crippen LogP contribution >= 0.6 is 0 Å². The molecular weight excluding hydrogens is 649 g/mol. The number of aliphatic hydroxyl groups excluding tert-OH is 1. The Morgan fingerprint density at radius 1 is 0.878 bits per heavy atom. The summed E-state index contributed by atoms with van der Waals surface area (Å²) in [5, 5.41) is 14.7. The molecule has 1 aliphatic heterocycles. The zero-order valence-electron chi connectivity index (χ0n) is 27.0. The molecule has 0 aliphatic carbocycles. The number of aliphatic hydroxyl groups is 1. The molecule has 0 spiro atoms. The molecule has 1 aliphatic rings. The Kier molecular flexibility index (Phi) is 8.73. The van der Waals surface area contributed by atoms with Gasteiger partial charge in [0.25, 0.3) is 10.0 Å². The van der Waals surface area contributed by atoms with Crippen LogP contribution in [0.15, 0.2) is 96.5 Å². The first-order chi connectivity index (χ1) is 23.5. The number of halogens is 2. The van der Waals surface area contributed by atoms with Crippen LogP contribution in [0.4, 0.5) is 14.6 Å². The minimum atomic E-state index is -4.04. The summed E-state index contributed by atoms with van der Waals surface area (Å²) in [5.74, 6) is -0.557. The zero-order valence-corrected chi connectivity index (χ0v) is 27.9. The van der Waals surface area contributed by atoms with Gasteiger partial charge in [-0.05, 0) is 55.8 Å². The molecule has 6 aromatic rings. The molecule has 0 bridgehead atoms. The average molecular weight is 684 g/mol. The molecule has 1 saturated heterocycles. The van der Waals surface area contributed by atoms with Gasteiger partial charge in [-0.2, -0.15) is 5.10 Å². The van der Waals surface area contributed by atoms with Gasteiger partial charge in [0.05, 0.1) is 23.7 Å². The second-order valence-electron chi connectivity index (χ2n) is 12.5. The molecule has 1 fully saturated rings. The number of fused-ring (bicyclic) bond motifs is 1. The molecule has 1 atom stereocenters. The highest BCUT2D eigenvalue weighted by molar-refractivity contribution is 7.90. The van der Waals surface area contributed by atoms with Gasteiger partial charge >= 0.3 is 0 Å². The molecule has 1 unspecified atom stereocenters. The quantitative estimate of drug-likeness (QED) is 0.218. The number of nitrogens with zero attached hydrogens (tertiary/aromatic N) is 7. The van der Waals surface area contributed by atoms with Crippen LogP contribution < -0.4 is 4.90 Å². The SMILES string of the molecule is Cc1ccc(S(=O)(=O)n2cc(-c3cnn(Cc4cccc(F)c4)c3)c3cc(-c4cnc(N5CCN(CC(C)O)CC5)c(F)c4)cnc32)cc1. The summed E-state index contributed by atoms with van der Waals surface area (Å²) < 4.78 is 60.1. The highest BCUT2D eigenvalue weighted by atomic mass is 32.2. The zero-order chi connectivity index (χ0) is 34.3. The van der Waals surface area contributed by atoms with Crippen LogP contribution in [-0.2, 0) is 16.6 Å². The van der Waals surface area contributed by atoms with Crippen molar-refractivity contribution in [3.8, 4) is 22.3 Å². The minimum absolute atomic E-state index is 0.114. The van der Waals surface area contributed by atoms with E-state index in [0.29, 0.717) is 66.9 Å². The van der Waals surface area contributed by atoms with Crippen molar-refractivity contribution in [3.05, 3.63) is 114 Å². The van der Waals surface area contributed by atoms with E-state index in [1.54, 1.807) is 72.7 Å². The smallest absolute Gasteiger partial charge is 0.269 e. The van der Waals surface area contributed by atoms with Crippen molar-refractivity contribution in [2.75, 3.05) is 37.6 Å². The number of aromatic nitrogens is 5. The van der Waals surface area contributed by atoms with E-state index < -0.39 is 21.9 Å². The van der Waals surface area contributed by atoms with Crippen LogP contribution in [0.25, 0.3) is 33.3 Å². The monoisotopic (exact) mass is 683 g/mol. The maximum absolute atomic E-state index is 15.6. The number of hydrogen-bond acceptors (Lipinski definition) is 8. The summed E-state index contributed by atoms with van der Waals surface area (Å²) in [7, 11) is -4.04. The summed E-state index contributed by atoms with van der Waals surface area (Å²) in [6.45, 7) is 7.08. The third kappa shape index (κ3) is 6.69. The Balaban J connectivity index is 1.26. The van der Waals surface area contributed by atoms with Crippen molar-refractivity contribution in [3.63, 3.8) is 0 Å². The van der Waals surface area contributed by atoms with Gasteiger partial charge in [-0.1, -0.05) is 29.8 Å². The van der Waals surface area contributed by atoms with Crippen LogP contribution in [0.3, 0.4) is 0 Å². The Labute approximate surface area is 282 Å². The van der Waals surface area contributed by atoms with E-state index in [1.807, 2.05) is 11.8 Å². The Bertz CT molecular complexity index is 2240. The van der Waals surface area contributed by atoms with Crippen molar-refractivity contribution in [1.29, 1.82) is 0 Å². The first kappa shape index (κ1) is 32.6. The standard InChI is InChI=1S/C36H35F2N7O3S/c1-24-6-8-31(9-7-24)49(47,48)45-23-33(29-19-41-44(22-29)21-26-4-3-5-30(37)14-26)32-15-27(17-39-35(32)45)28-16-34(38)36(40-18-28)43-12-10-42(11-13-43)20-25(2)46/h3-9,14-19,22-23,25,46H,10-13,20-21H2,1-2H3. The van der Waals surface area contributed by atoms with Crippen molar-refractivity contribution < 1.29 is 22.3 Å². The molecule has 5 heterocycles. The van der Waals surface area contributed by atoms with E-state index in [1.165, 1.54) is 30.6 Å². The topological polar surface area (TPSA) is 109 Å². The van der Waals surface area contributed by atoms with Crippen molar-refractivity contribution in [2.45, 2.75) is 31.4 Å². The first-order valence-electron chi connectivity index (χ1n) is 16.0. The molecule has 2 aromatic carbocycles. The fourth-order valence-corrected chi connectivity index (χ4v) is 7.55. The fraction of sp³-hybridized carbons (Fsp3) is 0.250. The van der Waals surface area contributed by atoms with Gasteiger partial charge in [0, 0.05) is 85.2 Å². The van der Waals surface area contributed by atoms with Crippen LogP contribution in [0.1, 0.15) is 18.1 Å². The van der Waals surface area contributed by atoms with Crippen LogP contribution in [-0.4, -0.2) is 81.0 Å². The Morgan fingerprint density at radius 2 is 1.61 bits per heavy atom. The summed E-state index contributed by atoms with van der Waals surface area (Å²) in [4.78, 5) is 13.2. The lowest BCUT2D eigenvalue weighted by Crippen LogP contribution is -2.48. The van der Waals surface area contributed by atoms with Crippen molar-refractivity contribution in [1.82, 2.24) is 28.6 Å². The van der Waals surface area contributed by atoms with Gasteiger partial charge in [-0.15, -0.1) is 0 Å². The second kappa shape index (κ2) is 13.1. The third-order valence-corrected chi connectivity index (χ3v) is 10.4. The lowest BCUT2D eigenvalue weighted by molar-refractivity contribution is 0.122. The molecule has 0 saturated carbocycles. The number of pyridine rings is 2. The third-order valence-electron chi connectivity index (χ3n) is 8.72. The number of piperazine rings is 1. The first-order valence-corrected chi connectivity index (χ1v) is 17.4. The van der Waals surface area contributed by atoms with Crippen molar-refractivity contribution in [2.24, 2.45) is 0 Å². The molecule has 49 heavy (non-hydrogen) atoms. The molecule has 4 aromatic heterocycles. The minimum Gasteiger partial charge on any atom is -0.392 e. The summed E-state index contributed by atoms with van der Waals surface area (Å²) in [6.07, 6.45) is 7.61. The molecule has 252 valence electrons. The molecular formula is C36H35F2N7O3S. The second-order valence-corrected chi connectivity index (χ2v) is 14.3. The fourth-order valence-electron chi connectivity index (χ4n) is 6.22. The molecule has 1 N–H and O–H groups in total. The van der Waals surface area contributed by atoms with E-state index >= 15 is 4.39 Å². The van der Waals surface area contributed by atoms with E-state index in [0.717, 1.165) is 15.1 Å². The van der Waals surface area contributed by atoms with Crippen molar-refractivity contribution >= 4 is 26.9 Å². The van der Waals surface area contributed by atoms with Gasteiger partial charge in [0.15, 0.2) is 17.3 Å². The van der Waals surface area contributed by atoms with Gasteiger partial charge in [-0.3, -0.25) is 9.58 Å². The van der Waals surface area contributed by atoms with E-state index in [2.05, 4.69) is 20.0 Å². The number of benzene rings is 2. The van der Waals surface area contributed by atoms with E-state index in [9.17, 15) is 17.9 Å². The predicted octanol–water partition coefficient (Wildman–Crippen LogP) is 5.34. The van der Waals surface area contributed by atoms with E-state index in [-0.39, 0.29) is 22.2 Å². The largest absolute Gasteiger partial charge is 0.392 e. The normalized spacial score (nSPS) is 14.8. The predicted molar refractivity (Wildman–Crippen MR) is 184 cm³/mol. The number of anilines is 1. The highest BCUT2D eigenvalue weighted by Gasteiger charge is 2.25. The molecule has 0 amide bonds. The lowest BCUT2D eigenvalue weighted by atomic mass is 10.1. The Hall–Kier alpha value is -4.98. The maximum atomic E-state index is 15.6. The van der Waals surface area contributed by atoms with Gasteiger partial charge in [0.2, 0.25) is 0 Å². The van der Waals surface area contributed by atoms with Gasteiger partial charge < -0.3 is 10.0 Å². The van der Waals surface area contributed by atoms with Gasteiger partial charge in [0.1, 0.15) is 5.82 Å². The van der Waals surface area contributed by atoms with Crippen LogP contribution in [0.2, 0.25) is 0 Å². The summed E-state index contributed by atoms with van der Waals surface area (Å²) in [5.41, 5.74) is 4.10. The maximum Gasteiger partial charge on any atom is 0.269 e. The highest BCUT2D eigenvalue weighted by Crippen LogP contribution is 2.35. The number of hydrogen-bond donors (Lipinski definition) is 1. The number of aryl methyl sites for hydroxylation is 1. The number of β-amino-alcohol motifs (C(OH)–C–C–N with tert-alkyl or cyclic N) is 1. The summed E-state index contributed by atoms with van der Waals surface area (Å²) in [6, 6.07) is 16.1. The average Bonchev–Trinajstić information content (AvgIpc) is 3.70. The molecule has 10 nitrogen and oxygen atoms in total.